The van der Waals surface area contributed by atoms with E-state index in [1.165, 1.54) is 0 Å². The second-order valence-corrected chi connectivity index (χ2v) is 5.91. The van der Waals surface area contributed by atoms with Crippen LogP contribution >= 0.6 is 12.2 Å². The highest BCUT2D eigenvalue weighted by Gasteiger charge is 2.03. The lowest BCUT2D eigenvalue weighted by atomic mass is 10.1. The molecule has 24 heavy (non-hydrogen) atoms. The number of nitrogens with one attached hydrogen (secondary N) is 3. The van der Waals surface area contributed by atoms with Crippen molar-refractivity contribution in [3.05, 3.63) is 66.4 Å². The highest BCUT2D eigenvalue weighted by Crippen LogP contribution is 2.22. The Morgan fingerprint density at radius 1 is 1.00 bits per heavy atom. The SMILES string of the molecule is Cc1cc(NCCNC(=S)Nc2ccccc2)c2ccccc2n1. The normalized spacial score (nSPS) is 10.4. The molecule has 0 spiro atoms. The van der Waals surface area contributed by atoms with Gasteiger partial charge < -0.3 is 16.0 Å². The van der Waals surface area contributed by atoms with Crippen LogP contribution in [0.15, 0.2) is 60.7 Å². The van der Waals surface area contributed by atoms with Crippen LogP contribution in [-0.2, 0) is 0 Å². The maximum atomic E-state index is 5.30. The Balaban J connectivity index is 1.53. The lowest BCUT2D eigenvalue weighted by Crippen LogP contribution is -2.32. The number of anilines is 2. The fourth-order valence-electron chi connectivity index (χ4n) is 2.52. The number of aryl methyl sites for hydroxylation is 1. The first kappa shape index (κ1) is 16.2. The summed E-state index contributed by atoms with van der Waals surface area (Å²) in [5.41, 5.74) is 4.10. The molecule has 4 nitrogen and oxygen atoms in total. The third kappa shape index (κ3) is 4.20. The van der Waals surface area contributed by atoms with Gasteiger partial charge in [0.1, 0.15) is 0 Å². The number of rotatable bonds is 5. The molecule has 3 rings (SSSR count). The van der Waals surface area contributed by atoms with Crippen molar-refractivity contribution in [1.29, 1.82) is 0 Å². The lowest BCUT2D eigenvalue weighted by Gasteiger charge is -2.13. The van der Waals surface area contributed by atoms with Gasteiger partial charge >= 0.3 is 0 Å². The minimum absolute atomic E-state index is 0.624. The van der Waals surface area contributed by atoms with Gasteiger partial charge in [-0.3, -0.25) is 4.98 Å². The van der Waals surface area contributed by atoms with Gasteiger partial charge in [-0.15, -0.1) is 0 Å². The molecule has 0 saturated heterocycles. The quantitative estimate of drug-likeness (QED) is 0.487. The molecular formula is C19H20N4S. The molecule has 0 atom stereocenters. The number of benzene rings is 2. The van der Waals surface area contributed by atoms with E-state index in [0.717, 1.165) is 41.1 Å². The zero-order valence-corrected chi connectivity index (χ0v) is 14.4. The first-order valence-electron chi connectivity index (χ1n) is 7.92. The van der Waals surface area contributed by atoms with Crippen LogP contribution in [0.4, 0.5) is 11.4 Å². The third-order valence-electron chi connectivity index (χ3n) is 3.60. The zero-order valence-electron chi connectivity index (χ0n) is 13.5. The molecule has 0 aliphatic heterocycles. The number of hydrogen-bond acceptors (Lipinski definition) is 3. The summed E-state index contributed by atoms with van der Waals surface area (Å²) in [5.74, 6) is 0. The van der Waals surface area contributed by atoms with Crippen molar-refractivity contribution in [1.82, 2.24) is 10.3 Å². The number of hydrogen-bond donors (Lipinski definition) is 3. The van der Waals surface area contributed by atoms with Crippen LogP contribution in [0.1, 0.15) is 5.69 Å². The number of thiocarbonyl (C=S) groups is 1. The Labute approximate surface area is 147 Å². The van der Waals surface area contributed by atoms with Crippen LogP contribution in [0, 0.1) is 6.92 Å². The van der Waals surface area contributed by atoms with Crippen LogP contribution in [0.3, 0.4) is 0 Å². The fraction of sp³-hybridized carbons (Fsp3) is 0.158. The van der Waals surface area contributed by atoms with Crippen molar-refractivity contribution in [2.24, 2.45) is 0 Å². The van der Waals surface area contributed by atoms with E-state index in [1.807, 2.05) is 55.5 Å². The molecule has 0 saturated carbocycles. The van der Waals surface area contributed by atoms with E-state index in [2.05, 4.69) is 33.1 Å². The summed E-state index contributed by atoms with van der Waals surface area (Å²) < 4.78 is 0. The van der Waals surface area contributed by atoms with E-state index in [1.54, 1.807) is 0 Å². The van der Waals surface area contributed by atoms with Gasteiger partial charge in [-0.25, -0.2) is 0 Å². The van der Waals surface area contributed by atoms with Crippen molar-refractivity contribution < 1.29 is 0 Å². The number of aromatic nitrogens is 1. The molecule has 2 aromatic carbocycles. The molecule has 0 aliphatic carbocycles. The van der Waals surface area contributed by atoms with Crippen LogP contribution < -0.4 is 16.0 Å². The highest BCUT2D eigenvalue weighted by molar-refractivity contribution is 7.80. The second-order valence-electron chi connectivity index (χ2n) is 5.50. The molecule has 1 aromatic heterocycles. The van der Waals surface area contributed by atoms with Gasteiger partial charge in [-0.1, -0.05) is 36.4 Å². The summed E-state index contributed by atoms with van der Waals surface area (Å²) >= 11 is 5.30. The third-order valence-corrected chi connectivity index (χ3v) is 3.85. The van der Waals surface area contributed by atoms with Gasteiger partial charge in [0, 0.05) is 35.5 Å². The van der Waals surface area contributed by atoms with Gasteiger partial charge in [0.2, 0.25) is 0 Å². The van der Waals surface area contributed by atoms with Crippen LogP contribution in [0.25, 0.3) is 10.9 Å². The molecule has 0 unspecified atom stereocenters. The number of pyridine rings is 1. The van der Waals surface area contributed by atoms with Gasteiger partial charge in [0.05, 0.1) is 5.52 Å². The van der Waals surface area contributed by atoms with E-state index in [4.69, 9.17) is 12.2 Å². The van der Waals surface area contributed by atoms with Gasteiger partial charge in [-0.05, 0) is 43.4 Å². The number of para-hydroxylation sites is 2. The lowest BCUT2D eigenvalue weighted by molar-refractivity contribution is 0.916. The van der Waals surface area contributed by atoms with Gasteiger partial charge in [0.25, 0.3) is 0 Å². The molecule has 0 radical (unpaired) electrons. The van der Waals surface area contributed by atoms with E-state index in [-0.39, 0.29) is 0 Å². The minimum atomic E-state index is 0.624. The molecule has 3 N–H and O–H groups in total. The minimum Gasteiger partial charge on any atom is -0.383 e. The first-order chi connectivity index (χ1) is 11.7. The van der Waals surface area contributed by atoms with Crippen molar-refractivity contribution >= 4 is 39.6 Å². The smallest absolute Gasteiger partial charge is 0.170 e. The predicted molar refractivity (Wildman–Crippen MR) is 106 cm³/mol. The van der Waals surface area contributed by atoms with Crippen molar-refractivity contribution in [2.75, 3.05) is 23.7 Å². The molecule has 0 aliphatic rings. The Morgan fingerprint density at radius 3 is 2.58 bits per heavy atom. The average molecular weight is 336 g/mol. The van der Waals surface area contributed by atoms with Gasteiger partial charge in [0.15, 0.2) is 5.11 Å². The Hall–Kier alpha value is -2.66. The van der Waals surface area contributed by atoms with E-state index in [0.29, 0.717) is 5.11 Å². The largest absolute Gasteiger partial charge is 0.383 e. The molecule has 5 heteroatoms. The maximum absolute atomic E-state index is 5.30. The van der Waals surface area contributed by atoms with Crippen LogP contribution in [-0.4, -0.2) is 23.2 Å². The van der Waals surface area contributed by atoms with E-state index in [9.17, 15) is 0 Å². The van der Waals surface area contributed by atoms with Gasteiger partial charge in [-0.2, -0.15) is 0 Å². The number of fused-ring (bicyclic) bond motifs is 1. The van der Waals surface area contributed by atoms with Crippen LogP contribution in [0.5, 0.6) is 0 Å². The van der Waals surface area contributed by atoms with Crippen LogP contribution in [0.2, 0.25) is 0 Å². The van der Waals surface area contributed by atoms with E-state index < -0.39 is 0 Å². The Morgan fingerprint density at radius 2 is 1.75 bits per heavy atom. The standard InChI is InChI=1S/C19H20N4S/c1-14-13-18(16-9-5-6-10-17(16)22-14)20-11-12-21-19(24)23-15-7-3-2-4-8-15/h2-10,13H,11-12H2,1H3,(H,20,22)(H2,21,23,24). The predicted octanol–water partition coefficient (Wildman–Crippen LogP) is 3.94. The number of nitrogens with zero attached hydrogens (tertiary/aromatic N) is 1. The summed E-state index contributed by atoms with van der Waals surface area (Å²) in [5, 5.41) is 11.6. The molecule has 1 heterocycles. The van der Waals surface area contributed by atoms with E-state index >= 15 is 0 Å². The Bertz CT molecular complexity index is 833. The zero-order chi connectivity index (χ0) is 16.8. The summed E-state index contributed by atoms with van der Waals surface area (Å²) in [6, 6.07) is 20.1. The molecule has 0 amide bonds. The summed E-state index contributed by atoms with van der Waals surface area (Å²) in [7, 11) is 0. The summed E-state index contributed by atoms with van der Waals surface area (Å²) in [4.78, 5) is 4.55. The second kappa shape index (κ2) is 7.75. The maximum Gasteiger partial charge on any atom is 0.170 e. The summed E-state index contributed by atoms with van der Waals surface area (Å²) in [6.07, 6.45) is 0. The Kier molecular flexibility index (Phi) is 5.23. The van der Waals surface area contributed by atoms with Crippen molar-refractivity contribution in [3.63, 3.8) is 0 Å². The first-order valence-corrected chi connectivity index (χ1v) is 8.33. The highest BCUT2D eigenvalue weighted by atomic mass is 32.1. The molecule has 3 aromatic rings. The molecule has 0 fully saturated rings. The average Bonchev–Trinajstić information content (AvgIpc) is 2.59. The molecule has 0 bridgehead atoms. The van der Waals surface area contributed by atoms with Crippen molar-refractivity contribution in [3.8, 4) is 0 Å². The molecular weight excluding hydrogens is 316 g/mol. The monoisotopic (exact) mass is 336 g/mol. The topological polar surface area (TPSA) is 49.0 Å². The fourth-order valence-corrected chi connectivity index (χ4v) is 2.74. The summed E-state index contributed by atoms with van der Waals surface area (Å²) in [6.45, 7) is 3.51. The van der Waals surface area contributed by atoms with Crippen molar-refractivity contribution in [2.45, 2.75) is 6.92 Å². The molecule has 122 valence electrons.